The van der Waals surface area contributed by atoms with Gasteiger partial charge < -0.3 is 15.2 Å². The monoisotopic (exact) mass is 447 g/mol. The predicted octanol–water partition coefficient (Wildman–Crippen LogP) is 2.24. The Bertz CT molecular complexity index is 1230. The van der Waals surface area contributed by atoms with Crippen LogP contribution in [0.25, 0.3) is 22.7 Å². The van der Waals surface area contributed by atoms with Gasteiger partial charge in [0.2, 0.25) is 11.9 Å². The first-order valence-electron chi connectivity index (χ1n) is 10.4. The van der Waals surface area contributed by atoms with E-state index in [-0.39, 0.29) is 30.2 Å². The molecule has 0 aromatic carbocycles. The van der Waals surface area contributed by atoms with Crippen molar-refractivity contribution >= 4 is 11.9 Å². The number of nitrogens with zero attached hydrogens (tertiary/aromatic N) is 8. The average Bonchev–Trinajstić information content (AvgIpc) is 3.44. The summed E-state index contributed by atoms with van der Waals surface area (Å²) in [5.41, 5.74) is 8.70. The Morgan fingerprint density at radius 1 is 1.09 bits per heavy atom. The van der Waals surface area contributed by atoms with Crippen LogP contribution < -0.4 is 5.73 Å². The fourth-order valence-electron chi connectivity index (χ4n) is 3.38. The number of aromatic nitrogens is 7. The lowest BCUT2D eigenvalue weighted by Crippen LogP contribution is -2.26. The Kier molecular flexibility index (Phi) is 6.11. The molecule has 0 aliphatic heterocycles. The van der Waals surface area contributed by atoms with Gasteiger partial charge in [0.05, 0.1) is 23.4 Å². The number of hydrogen-bond acceptors (Lipinski definition) is 9. The molecule has 11 heteroatoms. The number of pyridine rings is 1. The third kappa shape index (κ3) is 4.86. The van der Waals surface area contributed by atoms with E-state index in [9.17, 15) is 4.79 Å². The Morgan fingerprint density at radius 2 is 1.85 bits per heavy atom. The molecule has 1 amide bonds. The smallest absolute Gasteiger partial charge is 0.261 e. The summed E-state index contributed by atoms with van der Waals surface area (Å²) in [5, 5.41) is 8.44. The Morgan fingerprint density at radius 3 is 2.48 bits per heavy atom. The number of hydrogen-bond donors (Lipinski definition) is 1. The van der Waals surface area contributed by atoms with Crippen molar-refractivity contribution in [2.24, 2.45) is 5.92 Å². The molecule has 1 atom stereocenters. The molecule has 0 aliphatic rings. The van der Waals surface area contributed by atoms with Crippen LogP contribution in [0.4, 0.5) is 5.95 Å². The summed E-state index contributed by atoms with van der Waals surface area (Å²) in [7, 11) is 3.40. The lowest BCUT2D eigenvalue weighted by Gasteiger charge is -2.17. The molecular formula is C22H25N9O2. The van der Waals surface area contributed by atoms with Gasteiger partial charge in [-0.05, 0) is 17.5 Å². The molecule has 0 spiro atoms. The third-order valence-electron chi connectivity index (χ3n) is 5.18. The Hall–Kier alpha value is -4.15. The summed E-state index contributed by atoms with van der Waals surface area (Å²) in [5.74, 6) is 1.15. The van der Waals surface area contributed by atoms with Gasteiger partial charge in [-0.15, -0.1) is 0 Å². The Labute approximate surface area is 190 Å². The molecule has 4 heterocycles. The number of amides is 1. The van der Waals surface area contributed by atoms with Crippen molar-refractivity contribution in [3.63, 3.8) is 0 Å². The van der Waals surface area contributed by atoms with E-state index in [4.69, 9.17) is 10.3 Å². The first-order valence-corrected chi connectivity index (χ1v) is 10.4. The summed E-state index contributed by atoms with van der Waals surface area (Å²) in [6, 6.07) is 3.90. The molecule has 0 fully saturated rings. The average molecular weight is 448 g/mol. The maximum absolute atomic E-state index is 11.9. The minimum atomic E-state index is -0.114. The van der Waals surface area contributed by atoms with E-state index in [1.54, 1.807) is 49.8 Å². The van der Waals surface area contributed by atoms with Crippen LogP contribution in [0.1, 0.15) is 31.2 Å². The molecule has 33 heavy (non-hydrogen) atoms. The number of carbonyl (C=O) groups is 1. The molecule has 4 aromatic heterocycles. The van der Waals surface area contributed by atoms with Gasteiger partial charge in [0.25, 0.3) is 5.89 Å². The maximum Gasteiger partial charge on any atom is 0.261 e. The molecule has 0 aliphatic carbocycles. The van der Waals surface area contributed by atoms with E-state index in [2.05, 4.69) is 44.0 Å². The number of anilines is 1. The van der Waals surface area contributed by atoms with Gasteiger partial charge in [-0.3, -0.25) is 14.5 Å². The predicted molar refractivity (Wildman–Crippen MR) is 121 cm³/mol. The van der Waals surface area contributed by atoms with Crippen LogP contribution in [0.2, 0.25) is 0 Å². The topological polar surface area (TPSA) is 142 Å². The highest BCUT2D eigenvalue weighted by atomic mass is 16.5. The van der Waals surface area contributed by atoms with E-state index in [1.165, 1.54) is 4.90 Å². The SMILES string of the molecule is CC(C)C(c1ccc(-c2cnc(N)nc2)nc1)c1noc(-c2cnn(CC(=O)N(C)C)c2)n1. The zero-order chi connectivity index (χ0) is 23.5. The van der Waals surface area contributed by atoms with Gasteiger partial charge in [-0.1, -0.05) is 25.1 Å². The zero-order valence-corrected chi connectivity index (χ0v) is 18.9. The molecule has 1 unspecified atom stereocenters. The lowest BCUT2D eigenvalue weighted by molar-refractivity contribution is -0.129. The largest absolute Gasteiger partial charge is 0.368 e. The number of nitrogens with two attached hydrogens (primary N) is 1. The first kappa shape index (κ1) is 22.1. The highest BCUT2D eigenvalue weighted by Crippen LogP contribution is 2.32. The molecule has 4 rings (SSSR count). The van der Waals surface area contributed by atoms with Crippen molar-refractivity contribution in [1.82, 2.24) is 39.8 Å². The van der Waals surface area contributed by atoms with Gasteiger partial charge >= 0.3 is 0 Å². The van der Waals surface area contributed by atoms with Crippen LogP contribution >= 0.6 is 0 Å². The molecule has 0 radical (unpaired) electrons. The van der Waals surface area contributed by atoms with Gasteiger partial charge in [-0.25, -0.2) is 9.97 Å². The highest BCUT2D eigenvalue weighted by Gasteiger charge is 2.25. The normalized spacial score (nSPS) is 12.2. The first-order chi connectivity index (χ1) is 15.8. The second-order valence-corrected chi connectivity index (χ2v) is 8.20. The zero-order valence-electron chi connectivity index (χ0n) is 18.9. The van der Waals surface area contributed by atoms with E-state index in [0.717, 1.165) is 16.8 Å². The van der Waals surface area contributed by atoms with Crippen LogP contribution in [0, 0.1) is 5.92 Å². The van der Waals surface area contributed by atoms with Crippen molar-refractivity contribution in [2.75, 3.05) is 19.8 Å². The standard InChI is InChI=1S/C22H25N9O2/c1-13(2)19(14-5-6-17(24-7-14)15-8-25-22(23)26-9-15)20-28-21(33-29-20)16-10-27-31(11-16)12-18(32)30(3)4/h5-11,13,19H,12H2,1-4H3,(H2,23,25,26). The molecule has 2 N–H and O–H groups in total. The quantitative estimate of drug-likeness (QED) is 0.451. The molecule has 170 valence electrons. The summed E-state index contributed by atoms with van der Waals surface area (Å²) in [6.07, 6.45) is 8.41. The molecule has 11 nitrogen and oxygen atoms in total. The van der Waals surface area contributed by atoms with Gasteiger partial charge in [0.15, 0.2) is 5.82 Å². The fourth-order valence-corrected chi connectivity index (χ4v) is 3.38. The number of rotatable bonds is 7. The lowest BCUT2D eigenvalue weighted by atomic mass is 9.88. The molecule has 0 saturated carbocycles. The molecule has 0 bridgehead atoms. The summed E-state index contributed by atoms with van der Waals surface area (Å²) >= 11 is 0. The summed E-state index contributed by atoms with van der Waals surface area (Å²) in [4.78, 5) is 30.6. The number of carbonyl (C=O) groups excluding carboxylic acids is 1. The van der Waals surface area contributed by atoms with Gasteiger partial charge in [-0.2, -0.15) is 10.1 Å². The highest BCUT2D eigenvalue weighted by molar-refractivity contribution is 5.75. The van der Waals surface area contributed by atoms with Crippen molar-refractivity contribution in [3.8, 4) is 22.7 Å². The van der Waals surface area contributed by atoms with Crippen LogP contribution in [-0.2, 0) is 11.3 Å². The van der Waals surface area contributed by atoms with E-state index in [0.29, 0.717) is 17.3 Å². The third-order valence-corrected chi connectivity index (χ3v) is 5.18. The van der Waals surface area contributed by atoms with Crippen LogP contribution in [-0.4, -0.2) is 59.8 Å². The number of likely N-dealkylation sites (N-methyl/N-ethyl adjacent to an activating group) is 1. The van der Waals surface area contributed by atoms with E-state index < -0.39 is 0 Å². The van der Waals surface area contributed by atoms with Crippen LogP contribution in [0.5, 0.6) is 0 Å². The minimum Gasteiger partial charge on any atom is -0.368 e. The summed E-state index contributed by atoms with van der Waals surface area (Å²) in [6.45, 7) is 4.32. The van der Waals surface area contributed by atoms with Crippen molar-refractivity contribution < 1.29 is 9.32 Å². The molecule has 4 aromatic rings. The fraction of sp³-hybridized carbons (Fsp3) is 0.318. The van der Waals surface area contributed by atoms with E-state index in [1.807, 2.05) is 12.1 Å². The van der Waals surface area contributed by atoms with Crippen LogP contribution in [0.15, 0.2) is 47.6 Å². The maximum atomic E-state index is 11.9. The second kappa shape index (κ2) is 9.15. The summed E-state index contributed by atoms with van der Waals surface area (Å²) < 4.78 is 7.06. The molecular weight excluding hydrogens is 422 g/mol. The van der Waals surface area contributed by atoms with E-state index >= 15 is 0 Å². The van der Waals surface area contributed by atoms with Crippen LogP contribution in [0.3, 0.4) is 0 Å². The van der Waals surface area contributed by atoms with Gasteiger partial charge in [0.1, 0.15) is 6.54 Å². The molecule has 0 saturated heterocycles. The van der Waals surface area contributed by atoms with Crippen molar-refractivity contribution in [3.05, 3.63) is 54.5 Å². The van der Waals surface area contributed by atoms with Crippen molar-refractivity contribution in [1.29, 1.82) is 0 Å². The minimum absolute atomic E-state index is 0.0581. The van der Waals surface area contributed by atoms with Gasteiger partial charge in [0, 0.05) is 44.4 Å². The number of nitrogen functional groups attached to an aromatic ring is 1. The Balaban J connectivity index is 1.55. The van der Waals surface area contributed by atoms with Crippen molar-refractivity contribution in [2.45, 2.75) is 26.3 Å². The second-order valence-electron chi connectivity index (χ2n) is 8.20.